The number of phenols is 1. The Kier molecular flexibility index (Phi) is 6.26. The maximum absolute atomic E-state index is 12.7. The molecule has 0 radical (unpaired) electrons. The van der Waals surface area contributed by atoms with E-state index in [2.05, 4.69) is 26.5 Å². The number of nitro groups is 1. The maximum Gasteiger partial charge on any atom is 0.416 e. The first kappa shape index (κ1) is 20.5. The zero-order valence-corrected chi connectivity index (χ0v) is 15.3. The number of aromatic hydroxyl groups is 1. The van der Waals surface area contributed by atoms with Gasteiger partial charge in [0.15, 0.2) is 11.5 Å². The van der Waals surface area contributed by atoms with Crippen molar-refractivity contribution >= 4 is 33.5 Å². The molecule has 27 heavy (non-hydrogen) atoms. The van der Waals surface area contributed by atoms with Crippen molar-refractivity contribution in [2.75, 3.05) is 12.0 Å². The standard InChI is InChI=1S/C16H13BrF3N3O4/c1-2-27-15-5-9(11(17)7-14(15)24)8-21-22-12-4-3-10(16(18,19)20)6-13(12)23(25)26/h3-8,22,24H,2H2,1H3/b21-8-. The van der Waals surface area contributed by atoms with E-state index in [1.807, 2.05) is 0 Å². The number of nitrogens with zero attached hydrogens (tertiary/aromatic N) is 2. The van der Waals surface area contributed by atoms with Gasteiger partial charge < -0.3 is 9.84 Å². The first-order chi connectivity index (χ1) is 12.6. The molecule has 0 aliphatic carbocycles. The number of benzene rings is 2. The molecule has 2 rings (SSSR count). The molecule has 0 saturated heterocycles. The molecule has 0 spiro atoms. The van der Waals surface area contributed by atoms with Gasteiger partial charge in [-0.15, -0.1) is 0 Å². The highest BCUT2D eigenvalue weighted by Crippen LogP contribution is 2.35. The molecule has 0 aliphatic heterocycles. The Balaban J connectivity index is 2.28. The predicted octanol–water partition coefficient (Wildman–Crippen LogP) is 4.93. The third-order valence-corrected chi connectivity index (χ3v) is 3.98. The third-order valence-electron chi connectivity index (χ3n) is 3.29. The van der Waals surface area contributed by atoms with Gasteiger partial charge in [0, 0.05) is 16.1 Å². The van der Waals surface area contributed by atoms with Crippen molar-refractivity contribution in [1.82, 2.24) is 0 Å². The Morgan fingerprint density at radius 3 is 2.67 bits per heavy atom. The monoisotopic (exact) mass is 447 g/mol. The van der Waals surface area contributed by atoms with Crippen LogP contribution in [0.5, 0.6) is 11.5 Å². The Labute approximate surface area is 159 Å². The van der Waals surface area contributed by atoms with E-state index >= 15 is 0 Å². The fourth-order valence-electron chi connectivity index (χ4n) is 2.05. The lowest BCUT2D eigenvalue weighted by Gasteiger charge is -2.09. The Morgan fingerprint density at radius 2 is 2.07 bits per heavy atom. The molecular weight excluding hydrogens is 435 g/mol. The SMILES string of the molecule is CCOc1cc(/C=N\Nc2ccc(C(F)(F)F)cc2[N+](=O)[O-])c(Br)cc1O. The second-order valence-electron chi connectivity index (χ2n) is 5.13. The number of nitrogens with one attached hydrogen (secondary N) is 1. The topological polar surface area (TPSA) is 97.0 Å². The van der Waals surface area contributed by atoms with E-state index in [0.717, 1.165) is 6.07 Å². The number of alkyl halides is 3. The van der Waals surface area contributed by atoms with Gasteiger partial charge in [-0.25, -0.2) is 0 Å². The van der Waals surface area contributed by atoms with Crippen molar-refractivity contribution in [2.24, 2.45) is 5.10 Å². The smallest absolute Gasteiger partial charge is 0.416 e. The zero-order chi connectivity index (χ0) is 20.2. The Morgan fingerprint density at radius 1 is 1.37 bits per heavy atom. The van der Waals surface area contributed by atoms with Crippen molar-refractivity contribution in [3.8, 4) is 11.5 Å². The van der Waals surface area contributed by atoms with Crippen molar-refractivity contribution in [3.63, 3.8) is 0 Å². The minimum atomic E-state index is -4.70. The Bertz CT molecular complexity index is 888. The molecule has 2 aromatic rings. The molecule has 0 saturated carbocycles. The van der Waals surface area contributed by atoms with Crippen LogP contribution in [0.25, 0.3) is 0 Å². The van der Waals surface area contributed by atoms with Crippen LogP contribution in [0.4, 0.5) is 24.5 Å². The first-order valence-corrected chi connectivity index (χ1v) is 8.22. The van der Waals surface area contributed by atoms with Gasteiger partial charge in [-0.2, -0.15) is 18.3 Å². The molecule has 0 aliphatic rings. The number of hydrazone groups is 1. The van der Waals surface area contributed by atoms with Crippen LogP contribution in [0.15, 0.2) is 39.9 Å². The summed E-state index contributed by atoms with van der Waals surface area (Å²) in [6.07, 6.45) is -3.42. The second kappa shape index (κ2) is 8.25. The minimum absolute atomic E-state index is 0.0905. The fourth-order valence-corrected chi connectivity index (χ4v) is 2.49. The number of anilines is 1. The number of hydrogen-bond donors (Lipinski definition) is 2. The van der Waals surface area contributed by atoms with E-state index < -0.39 is 22.4 Å². The van der Waals surface area contributed by atoms with Gasteiger partial charge in [0.05, 0.1) is 23.3 Å². The van der Waals surface area contributed by atoms with Crippen LogP contribution in [0.2, 0.25) is 0 Å². The molecule has 0 atom stereocenters. The molecule has 0 aromatic heterocycles. The lowest BCUT2D eigenvalue weighted by molar-refractivity contribution is -0.384. The van der Waals surface area contributed by atoms with E-state index in [4.69, 9.17) is 4.74 Å². The summed E-state index contributed by atoms with van der Waals surface area (Å²) in [5.74, 6) is 0.120. The highest BCUT2D eigenvalue weighted by molar-refractivity contribution is 9.10. The summed E-state index contributed by atoms with van der Waals surface area (Å²) in [6, 6.07) is 4.94. The molecule has 2 N–H and O–H groups in total. The summed E-state index contributed by atoms with van der Waals surface area (Å²) < 4.78 is 43.8. The van der Waals surface area contributed by atoms with E-state index in [-0.39, 0.29) is 17.2 Å². The van der Waals surface area contributed by atoms with Crippen LogP contribution < -0.4 is 10.2 Å². The van der Waals surface area contributed by atoms with Gasteiger partial charge in [0.1, 0.15) is 5.69 Å². The molecule has 0 heterocycles. The first-order valence-electron chi connectivity index (χ1n) is 7.43. The fraction of sp³-hybridized carbons (Fsp3) is 0.188. The van der Waals surface area contributed by atoms with Crippen LogP contribution in [0.3, 0.4) is 0 Å². The second-order valence-corrected chi connectivity index (χ2v) is 5.99. The van der Waals surface area contributed by atoms with Gasteiger partial charge in [-0.3, -0.25) is 15.5 Å². The molecule has 11 heteroatoms. The summed E-state index contributed by atoms with van der Waals surface area (Å²) in [6.45, 7) is 2.06. The highest BCUT2D eigenvalue weighted by atomic mass is 79.9. The summed E-state index contributed by atoms with van der Waals surface area (Å²) in [4.78, 5) is 10.1. The van der Waals surface area contributed by atoms with Crippen LogP contribution in [-0.2, 0) is 6.18 Å². The number of rotatable bonds is 6. The van der Waals surface area contributed by atoms with E-state index in [0.29, 0.717) is 28.8 Å². The lowest BCUT2D eigenvalue weighted by Crippen LogP contribution is -2.06. The average Bonchev–Trinajstić information content (AvgIpc) is 2.58. The molecule has 2 aromatic carbocycles. The van der Waals surface area contributed by atoms with Gasteiger partial charge >= 0.3 is 6.18 Å². The molecule has 0 bridgehead atoms. The van der Waals surface area contributed by atoms with E-state index in [1.54, 1.807) is 6.92 Å². The van der Waals surface area contributed by atoms with Gasteiger partial charge in [0.2, 0.25) is 0 Å². The van der Waals surface area contributed by atoms with E-state index in [1.165, 1.54) is 18.3 Å². The predicted molar refractivity (Wildman–Crippen MR) is 96.3 cm³/mol. The molecule has 0 amide bonds. The number of ether oxygens (including phenoxy) is 1. The van der Waals surface area contributed by atoms with Gasteiger partial charge in [-0.1, -0.05) is 0 Å². The van der Waals surface area contributed by atoms with Crippen molar-refractivity contribution < 1.29 is 27.9 Å². The normalized spacial score (nSPS) is 11.6. The average molecular weight is 448 g/mol. The molecular formula is C16H13BrF3N3O4. The largest absolute Gasteiger partial charge is 0.504 e. The minimum Gasteiger partial charge on any atom is -0.504 e. The zero-order valence-electron chi connectivity index (χ0n) is 13.7. The van der Waals surface area contributed by atoms with Crippen LogP contribution in [-0.4, -0.2) is 22.9 Å². The van der Waals surface area contributed by atoms with Crippen molar-refractivity contribution in [3.05, 3.63) is 56.0 Å². The highest BCUT2D eigenvalue weighted by Gasteiger charge is 2.33. The third kappa shape index (κ3) is 5.09. The summed E-state index contributed by atoms with van der Waals surface area (Å²) >= 11 is 3.22. The molecule has 144 valence electrons. The molecule has 0 unspecified atom stereocenters. The quantitative estimate of drug-likeness (QED) is 0.371. The number of halogens is 4. The number of hydrogen-bond acceptors (Lipinski definition) is 6. The molecule has 0 fully saturated rings. The lowest BCUT2D eigenvalue weighted by atomic mass is 10.1. The maximum atomic E-state index is 12.7. The van der Waals surface area contributed by atoms with Gasteiger partial charge in [-0.05, 0) is 47.1 Å². The number of phenolic OH excluding ortho intramolecular Hbond substituents is 1. The molecule has 7 nitrogen and oxygen atoms in total. The van der Waals surface area contributed by atoms with Crippen LogP contribution in [0, 0.1) is 10.1 Å². The van der Waals surface area contributed by atoms with E-state index in [9.17, 15) is 28.4 Å². The summed E-state index contributed by atoms with van der Waals surface area (Å²) in [5.41, 5.74) is 0.722. The van der Waals surface area contributed by atoms with Crippen molar-refractivity contribution in [2.45, 2.75) is 13.1 Å². The van der Waals surface area contributed by atoms with Crippen molar-refractivity contribution in [1.29, 1.82) is 0 Å². The van der Waals surface area contributed by atoms with Crippen LogP contribution >= 0.6 is 15.9 Å². The number of nitro benzene ring substituents is 1. The summed E-state index contributed by atoms with van der Waals surface area (Å²) in [5, 5.41) is 24.6. The van der Waals surface area contributed by atoms with Crippen LogP contribution in [0.1, 0.15) is 18.1 Å². The van der Waals surface area contributed by atoms with Gasteiger partial charge in [0.25, 0.3) is 5.69 Å². The Hall–Kier alpha value is -2.82. The summed E-state index contributed by atoms with van der Waals surface area (Å²) in [7, 11) is 0.